The number of nitrogens with one attached hydrogen (secondary N) is 1. The van der Waals surface area contributed by atoms with Gasteiger partial charge in [-0.1, -0.05) is 17.7 Å². The van der Waals surface area contributed by atoms with Gasteiger partial charge in [-0.2, -0.15) is 0 Å². The molecule has 1 aliphatic carbocycles. The number of hydrogen-bond donors (Lipinski definition) is 1. The number of aromatic nitrogens is 1. The Morgan fingerprint density at radius 3 is 2.75 bits per heavy atom. The molecular weight excluding hydrogens is 350 g/mol. The Labute approximate surface area is 167 Å². The van der Waals surface area contributed by atoms with E-state index in [1.807, 2.05) is 19.1 Å². The first-order chi connectivity index (χ1) is 13.4. The number of amides is 2. The molecule has 1 aromatic heterocycles. The highest BCUT2D eigenvalue weighted by Crippen LogP contribution is 2.53. The molecule has 5 nitrogen and oxygen atoms in total. The average Bonchev–Trinajstić information content (AvgIpc) is 3.38. The van der Waals surface area contributed by atoms with Crippen LogP contribution < -0.4 is 5.32 Å². The van der Waals surface area contributed by atoms with Gasteiger partial charge in [0.05, 0.1) is 17.7 Å². The number of hydrogen-bond acceptors (Lipinski definition) is 3. The van der Waals surface area contributed by atoms with Crippen molar-refractivity contribution in [3.63, 3.8) is 0 Å². The van der Waals surface area contributed by atoms with Crippen LogP contribution in [-0.4, -0.2) is 33.8 Å². The van der Waals surface area contributed by atoms with Gasteiger partial charge in [-0.3, -0.25) is 14.6 Å². The van der Waals surface area contributed by atoms with E-state index in [0.717, 1.165) is 43.4 Å². The van der Waals surface area contributed by atoms with Crippen molar-refractivity contribution in [1.82, 2.24) is 15.2 Å². The summed E-state index contributed by atoms with van der Waals surface area (Å²) in [6, 6.07) is 4.19. The molecule has 0 unspecified atom stereocenters. The van der Waals surface area contributed by atoms with Crippen molar-refractivity contribution in [1.29, 1.82) is 0 Å². The molecule has 28 heavy (non-hydrogen) atoms. The Morgan fingerprint density at radius 2 is 2.07 bits per heavy atom. The summed E-state index contributed by atoms with van der Waals surface area (Å²) in [5.41, 5.74) is 2.70. The molecule has 2 amide bonds. The quantitative estimate of drug-likeness (QED) is 0.767. The van der Waals surface area contributed by atoms with Crippen LogP contribution >= 0.6 is 0 Å². The van der Waals surface area contributed by atoms with Crippen LogP contribution in [0.2, 0.25) is 0 Å². The van der Waals surface area contributed by atoms with Gasteiger partial charge < -0.3 is 10.2 Å². The summed E-state index contributed by atoms with van der Waals surface area (Å²) in [6.07, 6.45) is 9.43. The summed E-state index contributed by atoms with van der Waals surface area (Å²) < 4.78 is 0. The second-order valence-corrected chi connectivity index (χ2v) is 9.06. The maximum atomic E-state index is 13.5. The minimum absolute atomic E-state index is 0.0334. The number of allylic oxidation sites excluding steroid dienone is 2. The summed E-state index contributed by atoms with van der Waals surface area (Å²) in [5.74, 6) is 0.581. The highest BCUT2D eigenvalue weighted by Gasteiger charge is 2.61. The van der Waals surface area contributed by atoms with Gasteiger partial charge in [-0.25, -0.2) is 0 Å². The van der Waals surface area contributed by atoms with Gasteiger partial charge in [0.1, 0.15) is 0 Å². The predicted octanol–water partition coefficient (Wildman–Crippen LogP) is 3.52. The van der Waals surface area contributed by atoms with Gasteiger partial charge in [-0.05, 0) is 70.9 Å². The molecule has 3 aliphatic rings. The lowest BCUT2D eigenvalue weighted by Crippen LogP contribution is -2.50. The van der Waals surface area contributed by atoms with E-state index in [1.54, 1.807) is 6.20 Å². The Balaban J connectivity index is 1.56. The number of carbonyl (C=O) groups is 2. The fourth-order valence-corrected chi connectivity index (χ4v) is 5.04. The Kier molecular flexibility index (Phi) is 5.02. The maximum Gasteiger partial charge on any atom is 0.229 e. The summed E-state index contributed by atoms with van der Waals surface area (Å²) in [7, 11) is 0. The van der Waals surface area contributed by atoms with Crippen LogP contribution in [0, 0.1) is 18.3 Å². The topological polar surface area (TPSA) is 62.3 Å². The summed E-state index contributed by atoms with van der Waals surface area (Å²) in [6.45, 7) is 6.60. The van der Waals surface area contributed by atoms with Gasteiger partial charge in [-0.15, -0.1) is 0 Å². The maximum absolute atomic E-state index is 13.5. The zero-order chi connectivity index (χ0) is 19.9. The SMILES string of the molecule is CC(C)=CC[C@@]1(C(=O)NCc2ncccc2C)C[C@@H]2CC[C@H]1N2C(=O)C1CC1. The van der Waals surface area contributed by atoms with Crippen molar-refractivity contribution in [2.24, 2.45) is 11.3 Å². The van der Waals surface area contributed by atoms with Crippen LogP contribution in [0.15, 0.2) is 30.0 Å². The lowest BCUT2D eigenvalue weighted by Gasteiger charge is -2.35. The first kappa shape index (κ1) is 19.2. The fraction of sp³-hybridized carbons (Fsp3) is 0.609. The van der Waals surface area contributed by atoms with Gasteiger partial charge in [0.25, 0.3) is 0 Å². The second-order valence-electron chi connectivity index (χ2n) is 9.06. The lowest BCUT2D eigenvalue weighted by molar-refractivity contribution is -0.137. The molecule has 3 atom stereocenters. The van der Waals surface area contributed by atoms with Gasteiger partial charge in [0.15, 0.2) is 0 Å². The van der Waals surface area contributed by atoms with E-state index in [1.165, 1.54) is 5.57 Å². The monoisotopic (exact) mass is 381 g/mol. The normalized spacial score (nSPS) is 28.3. The summed E-state index contributed by atoms with van der Waals surface area (Å²) in [5, 5.41) is 3.17. The van der Waals surface area contributed by atoms with Crippen LogP contribution in [0.5, 0.6) is 0 Å². The van der Waals surface area contributed by atoms with E-state index in [2.05, 4.69) is 35.1 Å². The molecule has 4 rings (SSSR count). The number of carbonyl (C=O) groups excluding carboxylic acids is 2. The molecule has 1 N–H and O–H groups in total. The van der Waals surface area contributed by atoms with E-state index in [-0.39, 0.29) is 23.9 Å². The van der Waals surface area contributed by atoms with Crippen molar-refractivity contribution in [3.8, 4) is 0 Å². The molecule has 3 heterocycles. The predicted molar refractivity (Wildman–Crippen MR) is 108 cm³/mol. The van der Waals surface area contributed by atoms with Crippen molar-refractivity contribution in [2.45, 2.75) is 77.9 Å². The Bertz CT molecular complexity index is 810. The van der Waals surface area contributed by atoms with E-state index < -0.39 is 5.41 Å². The van der Waals surface area contributed by atoms with Gasteiger partial charge in [0, 0.05) is 24.2 Å². The first-order valence-corrected chi connectivity index (χ1v) is 10.6. The molecule has 0 aromatic carbocycles. The van der Waals surface area contributed by atoms with Crippen molar-refractivity contribution in [3.05, 3.63) is 41.2 Å². The van der Waals surface area contributed by atoms with E-state index in [0.29, 0.717) is 18.9 Å². The third kappa shape index (κ3) is 3.36. The number of aryl methyl sites for hydroxylation is 1. The zero-order valence-electron chi connectivity index (χ0n) is 17.2. The van der Waals surface area contributed by atoms with Crippen LogP contribution in [0.1, 0.15) is 63.6 Å². The Hall–Kier alpha value is -2.17. The zero-order valence-corrected chi connectivity index (χ0v) is 17.2. The molecule has 2 bridgehead atoms. The summed E-state index contributed by atoms with van der Waals surface area (Å²) in [4.78, 5) is 32.9. The van der Waals surface area contributed by atoms with Crippen molar-refractivity contribution >= 4 is 11.8 Å². The third-order valence-electron chi connectivity index (χ3n) is 6.78. The lowest BCUT2D eigenvalue weighted by atomic mass is 9.70. The molecule has 5 heteroatoms. The molecule has 2 saturated heterocycles. The first-order valence-electron chi connectivity index (χ1n) is 10.6. The minimum Gasteiger partial charge on any atom is -0.350 e. The van der Waals surface area contributed by atoms with Crippen molar-refractivity contribution in [2.75, 3.05) is 0 Å². The number of nitrogens with zero attached hydrogens (tertiary/aromatic N) is 2. The number of rotatable bonds is 6. The average molecular weight is 382 g/mol. The van der Waals surface area contributed by atoms with E-state index in [9.17, 15) is 9.59 Å². The highest BCUT2D eigenvalue weighted by molar-refractivity contribution is 5.88. The minimum atomic E-state index is -0.507. The van der Waals surface area contributed by atoms with Gasteiger partial charge in [0.2, 0.25) is 11.8 Å². The molecule has 150 valence electrons. The standard InChI is InChI=1S/C23H31N3O2/c1-15(2)10-11-23(22(28)25-14-19-16(3)5-4-12-24-19)13-18-8-9-20(23)26(18)21(27)17-6-7-17/h4-5,10,12,17-18,20H,6-9,11,13-14H2,1-3H3,(H,25,28)/t18-,20+,23+/m0/s1. The third-order valence-corrected chi connectivity index (χ3v) is 6.78. The molecule has 2 aliphatic heterocycles. The fourth-order valence-electron chi connectivity index (χ4n) is 5.04. The van der Waals surface area contributed by atoms with Crippen LogP contribution in [0.3, 0.4) is 0 Å². The van der Waals surface area contributed by atoms with Crippen LogP contribution in [-0.2, 0) is 16.1 Å². The molecule has 1 saturated carbocycles. The molecule has 1 aromatic rings. The van der Waals surface area contributed by atoms with E-state index in [4.69, 9.17) is 0 Å². The van der Waals surface area contributed by atoms with Crippen LogP contribution in [0.4, 0.5) is 0 Å². The van der Waals surface area contributed by atoms with E-state index >= 15 is 0 Å². The number of pyridine rings is 1. The Morgan fingerprint density at radius 1 is 1.29 bits per heavy atom. The van der Waals surface area contributed by atoms with Gasteiger partial charge >= 0.3 is 0 Å². The molecule has 0 radical (unpaired) electrons. The largest absolute Gasteiger partial charge is 0.350 e. The number of fused-ring (bicyclic) bond motifs is 2. The molecule has 0 spiro atoms. The molecular formula is C23H31N3O2. The van der Waals surface area contributed by atoms with Crippen molar-refractivity contribution < 1.29 is 9.59 Å². The summed E-state index contributed by atoms with van der Waals surface area (Å²) >= 11 is 0. The highest BCUT2D eigenvalue weighted by atomic mass is 16.2. The second kappa shape index (κ2) is 7.34. The van der Waals surface area contributed by atoms with Crippen LogP contribution in [0.25, 0.3) is 0 Å². The smallest absolute Gasteiger partial charge is 0.229 e. The molecule has 3 fully saturated rings.